The summed E-state index contributed by atoms with van der Waals surface area (Å²) in [7, 11) is 0. The summed E-state index contributed by atoms with van der Waals surface area (Å²) in [6.07, 6.45) is -4.49. The first-order valence-corrected chi connectivity index (χ1v) is 6.99. The molecule has 8 heteroatoms. The van der Waals surface area contributed by atoms with Crippen LogP contribution in [0.15, 0.2) is 13.6 Å². The van der Waals surface area contributed by atoms with E-state index in [1.165, 1.54) is 17.4 Å². The fourth-order valence-electron chi connectivity index (χ4n) is 1.38. The van der Waals surface area contributed by atoms with E-state index in [2.05, 4.69) is 37.2 Å². The van der Waals surface area contributed by atoms with Crippen LogP contribution in [0.1, 0.15) is 23.2 Å². The van der Waals surface area contributed by atoms with Gasteiger partial charge in [-0.1, -0.05) is 0 Å². The Morgan fingerprint density at radius 1 is 1.41 bits per heavy atom. The second kappa shape index (κ2) is 4.24. The smallest absolute Gasteiger partial charge is 0.338 e. The predicted molar refractivity (Wildman–Crippen MR) is 65.2 cm³/mol. The fraction of sp³-hybridized carbons (Fsp3) is 0.444. The third kappa shape index (κ3) is 2.53. The second-order valence-electron chi connectivity index (χ2n) is 3.77. The summed E-state index contributed by atoms with van der Waals surface area (Å²) >= 11 is 7.56. The molecule has 1 aromatic rings. The third-order valence-corrected chi connectivity index (χ3v) is 4.89. The Hall–Kier alpha value is -0.0800. The van der Waals surface area contributed by atoms with Crippen LogP contribution in [-0.4, -0.2) is 17.6 Å². The van der Waals surface area contributed by atoms with E-state index in [9.17, 15) is 18.0 Å². The van der Waals surface area contributed by atoms with Gasteiger partial charge in [0.15, 0.2) is 0 Å². The van der Waals surface area contributed by atoms with Gasteiger partial charge in [-0.05, 0) is 50.8 Å². The van der Waals surface area contributed by atoms with Gasteiger partial charge in [0.05, 0.1) is 13.1 Å². The number of rotatable bonds is 2. The Morgan fingerprint density at radius 2 is 2.00 bits per heavy atom. The molecule has 2 rings (SSSR count). The van der Waals surface area contributed by atoms with Crippen LogP contribution >= 0.6 is 43.2 Å². The summed E-state index contributed by atoms with van der Waals surface area (Å²) in [5, 5.41) is 2.07. The molecule has 1 N–H and O–H groups in total. The zero-order valence-electron chi connectivity index (χ0n) is 8.20. The summed E-state index contributed by atoms with van der Waals surface area (Å²) < 4.78 is 39.1. The number of thiophene rings is 1. The van der Waals surface area contributed by atoms with Crippen LogP contribution in [0, 0.1) is 0 Å². The Balaban J connectivity index is 2.16. The molecule has 0 saturated heterocycles. The van der Waals surface area contributed by atoms with Crippen molar-refractivity contribution in [2.24, 2.45) is 0 Å². The first-order valence-electron chi connectivity index (χ1n) is 4.59. The zero-order chi connectivity index (χ0) is 12.8. The molecule has 0 aliphatic heterocycles. The minimum absolute atomic E-state index is 0.0504. The third-order valence-electron chi connectivity index (χ3n) is 2.55. The van der Waals surface area contributed by atoms with E-state index in [4.69, 9.17) is 0 Å². The monoisotopic (exact) mass is 391 g/mol. The van der Waals surface area contributed by atoms with E-state index in [1.807, 2.05) is 0 Å². The van der Waals surface area contributed by atoms with Gasteiger partial charge in [-0.25, -0.2) is 0 Å². The molecule has 0 aromatic carbocycles. The molecule has 0 unspecified atom stereocenters. The first kappa shape index (κ1) is 13.4. The van der Waals surface area contributed by atoms with E-state index < -0.39 is 17.6 Å². The van der Waals surface area contributed by atoms with E-state index in [0.29, 0.717) is 7.57 Å². The van der Waals surface area contributed by atoms with Gasteiger partial charge in [-0.15, -0.1) is 11.3 Å². The van der Waals surface area contributed by atoms with Crippen molar-refractivity contribution in [2.75, 3.05) is 0 Å². The number of amides is 1. The molecule has 94 valence electrons. The highest BCUT2D eigenvalue weighted by Crippen LogP contribution is 2.49. The number of alkyl halides is 3. The van der Waals surface area contributed by atoms with Gasteiger partial charge in [0, 0.05) is 0 Å². The standard InChI is InChI=1S/C9H6Br2F3NOS/c10-5-3-4(6(11)17-5)7(16)15-8(1-2-8)9(12,13)14/h3H,1-2H2,(H,15,16). The zero-order valence-corrected chi connectivity index (χ0v) is 12.2. The van der Waals surface area contributed by atoms with Gasteiger partial charge >= 0.3 is 6.18 Å². The topological polar surface area (TPSA) is 29.1 Å². The number of halogens is 5. The van der Waals surface area contributed by atoms with Crippen LogP contribution in [0.25, 0.3) is 0 Å². The average molecular weight is 393 g/mol. The number of nitrogens with one attached hydrogen (secondary N) is 1. The first-order chi connectivity index (χ1) is 7.75. The lowest BCUT2D eigenvalue weighted by Gasteiger charge is -2.20. The van der Waals surface area contributed by atoms with Crippen molar-refractivity contribution in [3.05, 3.63) is 19.2 Å². The number of carbonyl (C=O) groups excluding carboxylic acids is 1. The molecule has 0 bridgehead atoms. The largest absolute Gasteiger partial charge is 0.411 e. The molecule has 17 heavy (non-hydrogen) atoms. The summed E-state index contributed by atoms with van der Waals surface area (Å²) in [5.41, 5.74) is -1.80. The van der Waals surface area contributed by atoms with Gasteiger partial charge in [-0.2, -0.15) is 13.2 Å². The number of carbonyl (C=O) groups is 1. The van der Waals surface area contributed by atoms with Crippen LogP contribution < -0.4 is 5.32 Å². The molecule has 1 aliphatic rings. The Kier molecular flexibility index (Phi) is 3.33. The van der Waals surface area contributed by atoms with Crippen molar-refractivity contribution in [1.82, 2.24) is 5.32 Å². The molecule has 0 spiro atoms. The molecular weight excluding hydrogens is 387 g/mol. The highest BCUT2D eigenvalue weighted by Gasteiger charge is 2.64. The van der Waals surface area contributed by atoms with Crippen molar-refractivity contribution in [3.8, 4) is 0 Å². The van der Waals surface area contributed by atoms with Crippen LogP contribution in [0.2, 0.25) is 0 Å². The molecule has 1 amide bonds. The maximum atomic E-state index is 12.6. The van der Waals surface area contributed by atoms with Crippen LogP contribution in [0.4, 0.5) is 13.2 Å². The van der Waals surface area contributed by atoms with E-state index in [1.54, 1.807) is 0 Å². The summed E-state index contributed by atoms with van der Waals surface area (Å²) in [5.74, 6) is -0.700. The fourth-order valence-corrected chi connectivity index (χ4v) is 4.18. The molecule has 1 aromatic heterocycles. The Morgan fingerprint density at radius 3 is 2.35 bits per heavy atom. The molecule has 1 saturated carbocycles. The van der Waals surface area contributed by atoms with Crippen LogP contribution in [0.3, 0.4) is 0 Å². The molecule has 1 aliphatic carbocycles. The van der Waals surface area contributed by atoms with Crippen molar-refractivity contribution < 1.29 is 18.0 Å². The van der Waals surface area contributed by atoms with E-state index >= 15 is 0 Å². The van der Waals surface area contributed by atoms with Crippen molar-refractivity contribution in [3.63, 3.8) is 0 Å². The minimum atomic E-state index is -4.39. The maximum absolute atomic E-state index is 12.6. The van der Waals surface area contributed by atoms with Crippen molar-refractivity contribution in [2.45, 2.75) is 24.6 Å². The second-order valence-corrected chi connectivity index (χ2v) is 7.52. The van der Waals surface area contributed by atoms with Crippen molar-refractivity contribution >= 4 is 49.1 Å². The summed E-state index contributed by atoms with van der Waals surface area (Å²) in [4.78, 5) is 11.7. The molecule has 2 nitrogen and oxygen atoms in total. The normalized spacial score (nSPS) is 17.9. The van der Waals surface area contributed by atoms with Gasteiger partial charge in [0.25, 0.3) is 5.91 Å². The Labute approximate surface area is 116 Å². The average Bonchev–Trinajstić information content (AvgIpc) is 2.86. The SMILES string of the molecule is O=C(NC1(C(F)(F)F)CC1)c1cc(Br)sc1Br. The molecule has 1 heterocycles. The summed E-state index contributed by atoms with van der Waals surface area (Å²) in [6.45, 7) is 0. The molecule has 0 atom stereocenters. The molecule has 1 fully saturated rings. The van der Waals surface area contributed by atoms with Gasteiger partial charge in [0.1, 0.15) is 5.54 Å². The summed E-state index contributed by atoms with van der Waals surface area (Å²) in [6, 6.07) is 1.50. The maximum Gasteiger partial charge on any atom is 0.411 e. The lowest BCUT2D eigenvalue weighted by atomic mass is 10.2. The van der Waals surface area contributed by atoms with Crippen LogP contribution in [0.5, 0.6) is 0 Å². The molecular formula is C9H6Br2F3NOS. The van der Waals surface area contributed by atoms with Gasteiger partial charge < -0.3 is 5.32 Å². The van der Waals surface area contributed by atoms with Crippen molar-refractivity contribution in [1.29, 1.82) is 0 Å². The highest BCUT2D eigenvalue weighted by atomic mass is 79.9. The molecule has 0 radical (unpaired) electrons. The minimum Gasteiger partial charge on any atom is -0.338 e. The van der Waals surface area contributed by atoms with E-state index in [0.717, 1.165) is 0 Å². The van der Waals surface area contributed by atoms with Gasteiger partial charge in [0.2, 0.25) is 0 Å². The highest BCUT2D eigenvalue weighted by molar-refractivity contribution is 9.12. The number of hydrogen-bond acceptors (Lipinski definition) is 2. The van der Waals surface area contributed by atoms with Crippen LogP contribution in [-0.2, 0) is 0 Å². The lowest BCUT2D eigenvalue weighted by Crippen LogP contribution is -2.47. The number of hydrogen-bond donors (Lipinski definition) is 1. The van der Waals surface area contributed by atoms with Gasteiger partial charge in [-0.3, -0.25) is 4.79 Å². The predicted octanol–water partition coefficient (Wildman–Crippen LogP) is 4.10. The quantitative estimate of drug-likeness (QED) is 0.806. The lowest BCUT2D eigenvalue weighted by molar-refractivity contribution is -0.163. The Bertz CT molecular complexity index is 467. The van der Waals surface area contributed by atoms with E-state index in [-0.39, 0.29) is 18.4 Å².